The molecule has 0 aromatic rings. The monoisotopic (exact) mass is 204 g/mol. The highest BCUT2D eigenvalue weighted by atomic mass is 14.2. The SMILES string of the molecule is C=C1CCC(=C(C)CCC=C(C)C)CC1. The predicted molar refractivity (Wildman–Crippen MR) is 69.0 cm³/mol. The predicted octanol–water partition coefficient (Wildman–Crippen LogP) is 5.18. The van der Waals surface area contributed by atoms with Gasteiger partial charge < -0.3 is 0 Å². The van der Waals surface area contributed by atoms with Gasteiger partial charge in [-0.05, 0) is 59.3 Å². The molecule has 0 saturated heterocycles. The van der Waals surface area contributed by atoms with Crippen molar-refractivity contribution in [2.45, 2.75) is 59.3 Å². The highest BCUT2D eigenvalue weighted by Gasteiger charge is 2.10. The minimum Gasteiger partial charge on any atom is -0.0998 e. The Morgan fingerprint density at radius 1 is 1.13 bits per heavy atom. The molecule has 84 valence electrons. The van der Waals surface area contributed by atoms with Crippen LogP contribution in [0.3, 0.4) is 0 Å². The van der Waals surface area contributed by atoms with Gasteiger partial charge in [0.05, 0.1) is 0 Å². The lowest BCUT2D eigenvalue weighted by atomic mass is 9.87. The van der Waals surface area contributed by atoms with Crippen molar-refractivity contribution in [1.29, 1.82) is 0 Å². The highest BCUT2D eigenvalue weighted by Crippen LogP contribution is 2.29. The summed E-state index contributed by atoms with van der Waals surface area (Å²) in [6.45, 7) is 10.7. The third kappa shape index (κ3) is 4.51. The Morgan fingerprint density at radius 3 is 2.27 bits per heavy atom. The first-order valence-corrected chi connectivity index (χ1v) is 6.07. The number of rotatable bonds is 3. The van der Waals surface area contributed by atoms with Gasteiger partial charge in [-0.15, -0.1) is 0 Å². The van der Waals surface area contributed by atoms with E-state index in [-0.39, 0.29) is 0 Å². The van der Waals surface area contributed by atoms with E-state index in [4.69, 9.17) is 0 Å². The molecule has 1 aliphatic rings. The fourth-order valence-electron chi connectivity index (χ4n) is 2.09. The van der Waals surface area contributed by atoms with E-state index < -0.39 is 0 Å². The van der Waals surface area contributed by atoms with Crippen LogP contribution in [0, 0.1) is 0 Å². The zero-order chi connectivity index (χ0) is 11.3. The van der Waals surface area contributed by atoms with Crippen LogP contribution in [0.4, 0.5) is 0 Å². The molecule has 0 nitrogen and oxygen atoms in total. The lowest BCUT2D eigenvalue weighted by Crippen LogP contribution is -1.99. The average molecular weight is 204 g/mol. The van der Waals surface area contributed by atoms with Crippen molar-refractivity contribution in [3.63, 3.8) is 0 Å². The van der Waals surface area contributed by atoms with Gasteiger partial charge in [-0.25, -0.2) is 0 Å². The summed E-state index contributed by atoms with van der Waals surface area (Å²) >= 11 is 0. The van der Waals surface area contributed by atoms with Crippen LogP contribution in [0.25, 0.3) is 0 Å². The molecule has 0 unspecified atom stereocenters. The molecule has 0 aliphatic heterocycles. The largest absolute Gasteiger partial charge is 0.0998 e. The van der Waals surface area contributed by atoms with Gasteiger partial charge in [0.1, 0.15) is 0 Å². The third-order valence-corrected chi connectivity index (χ3v) is 3.24. The van der Waals surface area contributed by atoms with E-state index in [0.29, 0.717) is 0 Å². The van der Waals surface area contributed by atoms with Gasteiger partial charge >= 0.3 is 0 Å². The first-order chi connectivity index (χ1) is 7.09. The molecule has 1 saturated carbocycles. The molecular formula is C15H24. The van der Waals surface area contributed by atoms with Gasteiger partial charge in [0.2, 0.25) is 0 Å². The van der Waals surface area contributed by atoms with Gasteiger partial charge in [0.25, 0.3) is 0 Å². The Balaban J connectivity index is 2.43. The van der Waals surface area contributed by atoms with Gasteiger partial charge in [-0.3, -0.25) is 0 Å². The molecule has 0 amide bonds. The van der Waals surface area contributed by atoms with Crippen molar-refractivity contribution in [3.05, 3.63) is 34.9 Å². The normalized spacial score (nSPS) is 16.5. The Morgan fingerprint density at radius 2 is 1.73 bits per heavy atom. The average Bonchev–Trinajstić information content (AvgIpc) is 2.18. The number of hydrogen-bond acceptors (Lipinski definition) is 0. The minimum absolute atomic E-state index is 1.21. The zero-order valence-electron chi connectivity index (χ0n) is 10.5. The maximum absolute atomic E-state index is 4.06. The van der Waals surface area contributed by atoms with Crippen LogP contribution in [0.5, 0.6) is 0 Å². The second-order valence-electron chi connectivity index (χ2n) is 4.95. The molecule has 0 aromatic heterocycles. The molecule has 0 aromatic carbocycles. The smallest absolute Gasteiger partial charge is 0.0280 e. The van der Waals surface area contributed by atoms with Crippen molar-refractivity contribution in [1.82, 2.24) is 0 Å². The van der Waals surface area contributed by atoms with Crippen LogP contribution >= 0.6 is 0 Å². The first kappa shape index (κ1) is 12.3. The summed E-state index contributed by atoms with van der Waals surface area (Å²) in [7, 11) is 0. The lowest BCUT2D eigenvalue weighted by molar-refractivity contribution is 0.710. The Hall–Kier alpha value is -0.780. The quantitative estimate of drug-likeness (QED) is 0.556. The van der Waals surface area contributed by atoms with Crippen LogP contribution < -0.4 is 0 Å². The maximum atomic E-state index is 4.06. The van der Waals surface area contributed by atoms with E-state index in [0.717, 1.165) is 0 Å². The van der Waals surface area contributed by atoms with Crippen LogP contribution in [0.1, 0.15) is 59.3 Å². The zero-order valence-corrected chi connectivity index (χ0v) is 10.5. The molecule has 0 spiro atoms. The van der Waals surface area contributed by atoms with E-state index in [1.54, 1.807) is 11.1 Å². The molecule has 0 atom stereocenters. The van der Waals surface area contributed by atoms with E-state index in [1.165, 1.54) is 49.7 Å². The summed E-state index contributed by atoms with van der Waals surface area (Å²) in [5, 5.41) is 0. The summed E-state index contributed by atoms with van der Waals surface area (Å²) in [6, 6.07) is 0. The van der Waals surface area contributed by atoms with E-state index in [1.807, 2.05) is 0 Å². The second-order valence-corrected chi connectivity index (χ2v) is 4.95. The summed E-state index contributed by atoms with van der Waals surface area (Å²) in [4.78, 5) is 0. The first-order valence-electron chi connectivity index (χ1n) is 6.07. The van der Waals surface area contributed by atoms with Gasteiger partial charge in [-0.2, -0.15) is 0 Å². The number of hydrogen-bond donors (Lipinski definition) is 0. The molecule has 0 N–H and O–H groups in total. The summed E-state index contributed by atoms with van der Waals surface area (Å²) in [6.07, 6.45) is 9.75. The Labute approximate surface area is 94.8 Å². The standard InChI is InChI=1S/C15H24/c1-12(2)6-5-7-14(4)15-10-8-13(3)9-11-15/h6H,3,5,7-11H2,1-2,4H3. The van der Waals surface area contributed by atoms with Gasteiger partial charge in [-0.1, -0.05) is 34.9 Å². The molecule has 0 heterocycles. The molecule has 0 heteroatoms. The number of allylic oxidation sites excluding steroid dienone is 5. The van der Waals surface area contributed by atoms with Crippen molar-refractivity contribution in [2.75, 3.05) is 0 Å². The Kier molecular flexibility index (Phi) is 4.87. The lowest BCUT2D eigenvalue weighted by Gasteiger charge is -2.19. The topological polar surface area (TPSA) is 0 Å². The van der Waals surface area contributed by atoms with Gasteiger partial charge in [0.15, 0.2) is 0 Å². The molecule has 1 aliphatic carbocycles. The fourth-order valence-corrected chi connectivity index (χ4v) is 2.09. The fraction of sp³-hybridized carbons (Fsp3) is 0.600. The molecule has 0 bridgehead atoms. The van der Waals surface area contributed by atoms with E-state index in [9.17, 15) is 0 Å². The van der Waals surface area contributed by atoms with Crippen LogP contribution in [-0.4, -0.2) is 0 Å². The molecule has 0 radical (unpaired) electrons. The summed E-state index contributed by atoms with van der Waals surface area (Å²) in [5.41, 5.74) is 6.20. The van der Waals surface area contributed by atoms with Crippen molar-refractivity contribution in [2.24, 2.45) is 0 Å². The van der Waals surface area contributed by atoms with E-state index >= 15 is 0 Å². The maximum Gasteiger partial charge on any atom is -0.0280 e. The summed E-state index contributed by atoms with van der Waals surface area (Å²) < 4.78 is 0. The summed E-state index contributed by atoms with van der Waals surface area (Å²) in [5.74, 6) is 0. The molecule has 1 rings (SSSR count). The van der Waals surface area contributed by atoms with Crippen LogP contribution in [0.2, 0.25) is 0 Å². The highest BCUT2D eigenvalue weighted by molar-refractivity contribution is 5.19. The Bertz CT molecular complexity index is 273. The van der Waals surface area contributed by atoms with E-state index in [2.05, 4.69) is 33.4 Å². The van der Waals surface area contributed by atoms with Crippen molar-refractivity contribution in [3.8, 4) is 0 Å². The van der Waals surface area contributed by atoms with Crippen molar-refractivity contribution < 1.29 is 0 Å². The van der Waals surface area contributed by atoms with Crippen molar-refractivity contribution >= 4 is 0 Å². The molecule has 15 heavy (non-hydrogen) atoms. The molecule has 1 fully saturated rings. The third-order valence-electron chi connectivity index (χ3n) is 3.24. The minimum atomic E-state index is 1.21. The second kappa shape index (κ2) is 5.95. The molecular weight excluding hydrogens is 180 g/mol. The van der Waals surface area contributed by atoms with Gasteiger partial charge in [0, 0.05) is 0 Å². The van der Waals surface area contributed by atoms with Crippen LogP contribution in [0.15, 0.2) is 34.9 Å². The van der Waals surface area contributed by atoms with Crippen LogP contribution in [-0.2, 0) is 0 Å².